The predicted molar refractivity (Wildman–Crippen MR) is 79.1 cm³/mol. The third kappa shape index (κ3) is 3.72. The van der Waals surface area contributed by atoms with Crippen molar-refractivity contribution >= 4 is 7.12 Å². The van der Waals surface area contributed by atoms with Crippen molar-refractivity contribution in [2.75, 3.05) is 6.54 Å². The molecule has 0 radical (unpaired) electrons. The van der Waals surface area contributed by atoms with Crippen molar-refractivity contribution in [3.8, 4) is 0 Å². The summed E-state index contributed by atoms with van der Waals surface area (Å²) in [5, 5.41) is 3.47. The number of rotatable bonds is 5. The van der Waals surface area contributed by atoms with Crippen molar-refractivity contribution in [2.45, 2.75) is 83.0 Å². The Morgan fingerprint density at radius 3 is 2.32 bits per heavy atom. The first-order chi connectivity index (χ1) is 8.80. The molecule has 2 fully saturated rings. The van der Waals surface area contributed by atoms with Crippen molar-refractivity contribution in [1.82, 2.24) is 5.32 Å². The number of nitrogens with two attached hydrogens (primary N) is 1. The van der Waals surface area contributed by atoms with Crippen LogP contribution in [-0.2, 0) is 9.31 Å². The first kappa shape index (κ1) is 15.3. The van der Waals surface area contributed by atoms with Gasteiger partial charge in [0.1, 0.15) is 0 Å². The molecule has 0 aliphatic carbocycles. The predicted octanol–water partition coefficient (Wildman–Crippen LogP) is 1.94. The Hall–Kier alpha value is -0.0951. The van der Waals surface area contributed by atoms with E-state index in [2.05, 4.69) is 33.0 Å². The molecule has 0 aromatic rings. The van der Waals surface area contributed by atoms with Gasteiger partial charge in [-0.15, -0.1) is 0 Å². The molecule has 4 nitrogen and oxygen atoms in total. The van der Waals surface area contributed by atoms with Crippen LogP contribution in [-0.4, -0.2) is 36.9 Å². The first-order valence-electron chi connectivity index (χ1n) is 7.65. The van der Waals surface area contributed by atoms with Gasteiger partial charge in [-0.2, -0.15) is 0 Å². The molecule has 0 spiro atoms. The fourth-order valence-corrected chi connectivity index (χ4v) is 2.85. The van der Waals surface area contributed by atoms with E-state index in [1.165, 1.54) is 12.8 Å². The topological polar surface area (TPSA) is 56.5 Å². The van der Waals surface area contributed by atoms with Crippen LogP contribution in [0.4, 0.5) is 0 Å². The number of nitrogens with one attached hydrogen (secondary N) is 1. The highest BCUT2D eigenvalue weighted by molar-refractivity contribution is 6.45. The van der Waals surface area contributed by atoms with Gasteiger partial charge in [0.25, 0.3) is 0 Å². The van der Waals surface area contributed by atoms with Crippen LogP contribution in [0.1, 0.15) is 53.4 Å². The largest absolute Gasteiger partial charge is 0.457 e. The van der Waals surface area contributed by atoms with Crippen LogP contribution in [0.3, 0.4) is 0 Å². The summed E-state index contributed by atoms with van der Waals surface area (Å²) < 4.78 is 12.0. The van der Waals surface area contributed by atoms with Gasteiger partial charge >= 0.3 is 7.12 Å². The van der Waals surface area contributed by atoms with Gasteiger partial charge in [0.2, 0.25) is 0 Å². The lowest BCUT2D eigenvalue weighted by Crippen LogP contribution is -2.41. The molecule has 2 heterocycles. The van der Waals surface area contributed by atoms with Gasteiger partial charge in [-0.3, -0.25) is 0 Å². The Labute approximate surface area is 117 Å². The third-order valence-corrected chi connectivity index (χ3v) is 4.80. The second-order valence-corrected chi connectivity index (χ2v) is 7.07. The maximum atomic E-state index is 6.00. The summed E-state index contributed by atoms with van der Waals surface area (Å²) in [6, 6.07) is 0.974. The fraction of sp³-hybridized carbons (Fsp3) is 1.00. The molecule has 2 aliphatic heterocycles. The molecule has 0 bridgehead atoms. The smallest absolute Gasteiger partial charge is 0.403 e. The molecule has 3 N–H and O–H groups in total. The summed E-state index contributed by atoms with van der Waals surface area (Å²) >= 11 is 0. The van der Waals surface area contributed by atoms with Gasteiger partial charge in [0, 0.05) is 18.6 Å². The summed E-state index contributed by atoms with van der Waals surface area (Å²) in [5.74, 6) is 0. The third-order valence-electron chi connectivity index (χ3n) is 4.80. The standard InChI is InChI=1S/C14H29BN2O2/c1-13(2)14(3,4)19-15(18-13)8-6-5-7-12-9-11(16)10-17-12/h11-12,17H,5-10,16H2,1-4H3. The molecule has 2 saturated heterocycles. The Bertz CT molecular complexity index is 294. The molecule has 2 atom stereocenters. The van der Waals surface area contributed by atoms with Crippen molar-refractivity contribution in [3.05, 3.63) is 0 Å². The lowest BCUT2D eigenvalue weighted by atomic mass is 9.82. The van der Waals surface area contributed by atoms with Crippen molar-refractivity contribution in [2.24, 2.45) is 5.73 Å². The molecular formula is C14H29BN2O2. The Morgan fingerprint density at radius 1 is 1.16 bits per heavy atom. The van der Waals surface area contributed by atoms with Gasteiger partial charge < -0.3 is 20.4 Å². The summed E-state index contributed by atoms with van der Waals surface area (Å²) in [6.45, 7) is 9.41. The molecule has 5 heteroatoms. The zero-order chi connectivity index (χ0) is 14.1. The van der Waals surface area contributed by atoms with E-state index in [0.29, 0.717) is 12.1 Å². The highest BCUT2D eigenvalue weighted by Gasteiger charge is 2.50. The SMILES string of the molecule is CC1(C)OB(CCCCC2CC(N)CN2)OC1(C)C. The highest BCUT2D eigenvalue weighted by Crippen LogP contribution is 2.38. The molecule has 2 unspecified atom stereocenters. The van der Waals surface area contributed by atoms with Gasteiger partial charge in [0.15, 0.2) is 0 Å². The minimum absolute atomic E-state index is 0.0382. The lowest BCUT2D eigenvalue weighted by molar-refractivity contribution is 0.00578. The van der Waals surface area contributed by atoms with Crippen molar-refractivity contribution in [1.29, 1.82) is 0 Å². The molecule has 110 valence electrons. The van der Waals surface area contributed by atoms with Crippen LogP contribution in [0.25, 0.3) is 0 Å². The monoisotopic (exact) mass is 268 g/mol. The molecule has 0 aromatic heterocycles. The summed E-state index contributed by atoms with van der Waals surface area (Å²) in [5.41, 5.74) is 5.49. The second-order valence-electron chi connectivity index (χ2n) is 7.07. The average molecular weight is 268 g/mol. The fourth-order valence-electron chi connectivity index (χ4n) is 2.85. The minimum atomic E-state index is -0.197. The van der Waals surface area contributed by atoms with Gasteiger partial charge in [-0.25, -0.2) is 0 Å². The first-order valence-corrected chi connectivity index (χ1v) is 7.65. The van der Waals surface area contributed by atoms with E-state index in [1.807, 2.05) is 0 Å². The molecule has 0 amide bonds. The van der Waals surface area contributed by atoms with Crippen LogP contribution >= 0.6 is 0 Å². The van der Waals surface area contributed by atoms with E-state index in [0.717, 1.165) is 25.7 Å². The van der Waals surface area contributed by atoms with E-state index in [9.17, 15) is 0 Å². The van der Waals surface area contributed by atoms with E-state index in [-0.39, 0.29) is 18.3 Å². The van der Waals surface area contributed by atoms with E-state index in [4.69, 9.17) is 15.0 Å². The number of hydrogen-bond acceptors (Lipinski definition) is 4. The quantitative estimate of drug-likeness (QED) is 0.591. The van der Waals surface area contributed by atoms with Crippen molar-refractivity contribution in [3.63, 3.8) is 0 Å². The van der Waals surface area contributed by atoms with Crippen molar-refractivity contribution < 1.29 is 9.31 Å². The molecule has 0 saturated carbocycles. The Balaban J connectivity index is 1.62. The van der Waals surface area contributed by atoms with E-state index >= 15 is 0 Å². The summed E-state index contributed by atoms with van der Waals surface area (Å²) in [6.07, 6.45) is 5.70. The van der Waals surface area contributed by atoms with E-state index < -0.39 is 0 Å². The van der Waals surface area contributed by atoms with Gasteiger partial charge in [-0.05, 0) is 46.9 Å². The van der Waals surface area contributed by atoms with Crippen LogP contribution < -0.4 is 11.1 Å². The van der Waals surface area contributed by atoms with Crippen LogP contribution in [0.5, 0.6) is 0 Å². The van der Waals surface area contributed by atoms with Gasteiger partial charge in [0.05, 0.1) is 11.2 Å². The zero-order valence-corrected chi connectivity index (χ0v) is 12.9. The lowest BCUT2D eigenvalue weighted by Gasteiger charge is -2.32. The Kier molecular flexibility index (Phi) is 4.61. The normalized spacial score (nSPS) is 33.0. The molecule has 19 heavy (non-hydrogen) atoms. The van der Waals surface area contributed by atoms with Gasteiger partial charge in [-0.1, -0.05) is 12.8 Å². The number of unbranched alkanes of at least 4 members (excludes halogenated alkanes) is 1. The molecule has 2 aliphatic rings. The molecular weight excluding hydrogens is 239 g/mol. The summed E-state index contributed by atoms with van der Waals surface area (Å²) in [4.78, 5) is 0. The highest BCUT2D eigenvalue weighted by atomic mass is 16.7. The molecule has 0 aromatic carbocycles. The zero-order valence-electron chi connectivity index (χ0n) is 12.9. The molecule has 2 rings (SSSR count). The average Bonchev–Trinajstić information content (AvgIpc) is 2.76. The maximum Gasteiger partial charge on any atom is 0.457 e. The minimum Gasteiger partial charge on any atom is -0.403 e. The summed E-state index contributed by atoms with van der Waals surface area (Å²) in [7, 11) is -0.0382. The Morgan fingerprint density at radius 2 is 1.79 bits per heavy atom. The maximum absolute atomic E-state index is 6.00. The second kappa shape index (κ2) is 5.72. The van der Waals surface area contributed by atoms with Crippen LogP contribution in [0, 0.1) is 0 Å². The number of hydrogen-bond donors (Lipinski definition) is 2. The van der Waals surface area contributed by atoms with E-state index in [1.54, 1.807) is 0 Å². The van der Waals surface area contributed by atoms with Crippen LogP contribution in [0.2, 0.25) is 6.32 Å². The van der Waals surface area contributed by atoms with Crippen LogP contribution in [0.15, 0.2) is 0 Å².